The predicted molar refractivity (Wildman–Crippen MR) is 63.3 cm³/mol. The van der Waals surface area contributed by atoms with Crippen LogP contribution in [-0.4, -0.2) is 26.2 Å². The predicted octanol–water partition coefficient (Wildman–Crippen LogP) is 2.45. The highest BCUT2D eigenvalue weighted by Gasteiger charge is 2.17. The van der Waals surface area contributed by atoms with E-state index in [9.17, 15) is 4.79 Å². The first-order valence-corrected chi connectivity index (χ1v) is 5.97. The van der Waals surface area contributed by atoms with E-state index in [1.54, 1.807) is 0 Å². The standard InChI is InChI=1S/C11H12N2O2S/c1-3-16-10-9(11(14)15)12-8-6-7(2)4-5-13(8)10/h4-6H,3H2,1-2H3,(H,14,15). The molecule has 2 rings (SSSR count). The molecular weight excluding hydrogens is 224 g/mol. The molecule has 0 atom stereocenters. The van der Waals surface area contributed by atoms with Crippen molar-refractivity contribution in [1.82, 2.24) is 9.38 Å². The molecule has 0 amide bonds. The number of aromatic carboxylic acids is 1. The summed E-state index contributed by atoms with van der Waals surface area (Å²) in [4.78, 5) is 15.2. The molecule has 0 aliphatic rings. The van der Waals surface area contributed by atoms with Crippen LogP contribution >= 0.6 is 11.8 Å². The van der Waals surface area contributed by atoms with E-state index in [2.05, 4.69) is 4.98 Å². The molecule has 0 aliphatic carbocycles. The molecule has 2 aromatic heterocycles. The number of pyridine rings is 1. The van der Waals surface area contributed by atoms with Crippen molar-refractivity contribution in [2.45, 2.75) is 18.9 Å². The molecule has 0 saturated carbocycles. The van der Waals surface area contributed by atoms with Crippen LogP contribution in [0.1, 0.15) is 23.0 Å². The molecule has 84 valence electrons. The number of fused-ring (bicyclic) bond motifs is 1. The quantitative estimate of drug-likeness (QED) is 0.832. The Morgan fingerprint density at radius 3 is 3.00 bits per heavy atom. The summed E-state index contributed by atoms with van der Waals surface area (Å²) in [6.07, 6.45) is 1.86. The first-order chi connectivity index (χ1) is 7.63. The van der Waals surface area contributed by atoms with E-state index < -0.39 is 5.97 Å². The van der Waals surface area contributed by atoms with Crippen LogP contribution in [0.15, 0.2) is 23.4 Å². The van der Waals surface area contributed by atoms with Gasteiger partial charge in [-0.1, -0.05) is 6.92 Å². The Bertz CT molecular complexity index is 548. The van der Waals surface area contributed by atoms with E-state index in [0.717, 1.165) is 11.3 Å². The number of aromatic nitrogens is 2. The lowest BCUT2D eigenvalue weighted by Crippen LogP contribution is -1.99. The summed E-state index contributed by atoms with van der Waals surface area (Å²) in [7, 11) is 0. The number of nitrogens with zero attached hydrogens (tertiary/aromatic N) is 2. The fraction of sp³-hybridized carbons (Fsp3) is 0.273. The average molecular weight is 236 g/mol. The van der Waals surface area contributed by atoms with Crippen LogP contribution in [0.25, 0.3) is 5.65 Å². The van der Waals surface area contributed by atoms with E-state index >= 15 is 0 Å². The Morgan fingerprint density at radius 1 is 1.62 bits per heavy atom. The zero-order valence-electron chi connectivity index (χ0n) is 9.10. The minimum absolute atomic E-state index is 0.137. The Kier molecular flexibility index (Phi) is 2.87. The lowest BCUT2D eigenvalue weighted by Gasteiger charge is -2.00. The van der Waals surface area contributed by atoms with E-state index in [0.29, 0.717) is 10.7 Å². The van der Waals surface area contributed by atoms with Crippen LogP contribution in [0.2, 0.25) is 0 Å². The van der Waals surface area contributed by atoms with Gasteiger partial charge in [-0.15, -0.1) is 11.8 Å². The second-order valence-corrected chi connectivity index (χ2v) is 4.69. The summed E-state index contributed by atoms with van der Waals surface area (Å²) in [5.74, 6) is -0.153. The highest BCUT2D eigenvalue weighted by Crippen LogP contribution is 2.24. The van der Waals surface area contributed by atoms with Gasteiger partial charge >= 0.3 is 5.97 Å². The minimum atomic E-state index is -0.975. The number of imidazole rings is 1. The topological polar surface area (TPSA) is 54.6 Å². The third-order valence-corrected chi connectivity index (χ3v) is 3.17. The van der Waals surface area contributed by atoms with Gasteiger partial charge < -0.3 is 5.11 Å². The third-order valence-electron chi connectivity index (χ3n) is 2.22. The molecule has 0 unspecified atom stereocenters. The lowest BCUT2D eigenvalue weighted by atomic mass is 10.3. The second-order valence-electron chi connectivity index (χ2n) is 3.44. The number of carboxylic acids is 1. The van der Waals surface area contributed by atoms with Gasteiger partial charge in [0.1, 0.15) is 10.7 Å². The first kappa shape index (κ1) is 11.0. The molecule has 0 fully saturated rings. The van der Waals surface area contributed by atoms with Crippen molar-refractivity contribution in [2.24, 2.45) is 0 Å². The molecule has 4 nitrogen and oxygen atoms in total. The van der Waals surface area contributed by atoms with Crippen molar-refractivity contribution >= 4 is 23.4 Å². The number of thioether (sulfide) groups is 1. The van der Waals surface area contributed by atoms with Gasteiger partial charge in [0.2, 0.25) is 0 Å². The molecule has 0 aliphatic heterocycles. The van der Waals surface area contributed by atoms with Crippen LogP contribution in [0.3, 0.4) is 0 Å². The summed E-state index contributed by atoms with van der Waals surface area (Å²) in [6.45, 7) is 3.95. The number of hydrogen-bond acceptors (Lipinski definition) is 3. The molecule has 2 aromatic rings. The fourth-order valence-corrected chi connectivity index (χ4v) is 2.37. The van der Waals surface area contributed by atoms with Crippen molar-refractivity contribution < 1.29 is 9.90 Å². The molecule has 0 aromatic carbocycles. The molecule has 0 bridgehead atoms. The second kappa shape index (κ2) is 4.17. The molecule has 0 spiro atoms. The van der Waals surface area contributed by atoms with Crippen molar-refractivity contribution in [2.75, 3.05) is 5.75 Å². The summed E-state index contributed by atoms with van der Waals surface area (Å²) in [5.41, 5.74) is 1.90. The molecule has 16 heavy (non-hydrogen) atoms. The number of carboxylic acid groups (broad SMARTS) is 1. The summed E-state index contributed by atoms with van der Waals surface area (Å²) >= 11 is 1.49. The summed E-state index contributed by atoms with van der Waals surface area (Å²) < 4.78 is 1.82. The van der Waals surface area contributed by atoms with E-state index in [-0.39, 0.29) is 5.69 Å². The fourth-order valence-electron chi connectivity index (χ4n) is 1.54. The minimum Gasteiger partial charge on any atom is -0.476 e. The van der Waals surface area contributed by atoms with Gasteiger partial charge in [0.25, 0.3) is 0 Å². The van der Waals surface area contributed by atoms with Crippen LogP contribution in [-0.2, 0) is 0 Å². The smallest absolute Gasteiger partial charge is 0.357 e. The number of carbonyl (C=O) groups is 1. The van der Waals surface area contributed by atoms with Crippen molar-refractivity contribution in [3.8, 4) is 0 Å². The Labute approximate surface area is 97.3 Å². The van der Waals surface area contributed by atoms with Crippen LogP contribution in [0, 0.1) is 6.92 Å². The molecular formula is C11H12N2O2S. The maximum Gasteiger partial charge on any atom is 0.357 e. The Morgan fingerprint density at radius 2 is 2.38 bits per heavy atom. The van der Waals surface area contributed by atoms with Crippen molar-refractivity contribution in [3.05, 3.63) is 29.6 Å². The largest absolute Gasteiger partial charge is 0.476 e. The van der Waals surface area contributed by atoms with Gasteiger partial charge in [0.15, 0.2) is 5.69 Å². The third kappa shape index (κ3) is 1.78. The normalized spacial score (nSPS) is 10.9. The summed E-state index contributed by atoms with van der Waals surface area (Å²) in [6, 6.07) is 3.83. The Balaban J connectivity index is 2.70. The zero-order valence-corrected chi connectivity index (χ0v) is 9.91. The monoisotopic (exact) mass is 236 g/mol. The molecule has 0 radical (unpaired) electrons. The van der Waals surface area contributed by atoms with Crippen LogP contribution < -0.4 is 0 Å². The highest BCUT2D eigenvalue weighted by atomic mass is 32.2. The van der Waals surface area contributed by atoms with E-state index in [1.807, 2.05) is 36.6 Å². The van der Waals surface area contributed by atoms with Gasteiger partial charge in [-0.25, -0.2) is 9.78 Å². The first-order valence-electron chi connectivity index (χ1n) is 4.98. The Hall–Kier alpha value is -1.49. The van der Waals surface area contributed by atoms with Gasteiger partial charge in [0.05, 0.1) is 0 Å². The highest BCUT2D eigenvalue weighted by molar-refractivity contribution is 7.99. The van der Waals surface area contributed by atoms with Gasteiger partial charge in [0, 0.05) is 6.20 Å². The SMILES string of the molecule is CCSc1c(C(=O)O)nc2cc(C)ccn12. The van der Waals surface area contributed by atoms with E-state index in [1.165, 1.54) is 11.8 Å². The number of rotatable bonds is 3. The van der Waals surface area contributed by atoms with Gasteiger partial charge in [-0.05, 0) is 30.4 Å². The maximum absolute atomic E-state index is 11.1. The molecule has 5 heteroatoms. The molecule has 1 N–H and O–H groups in total. The average Bonchev–Trinajstić information content (AvgIpc) is 2.57. The summed E-state index contributed by atoms with van der Waals surface area (Å²) in [5, 5.41) is 9.77. The lowest BCUT2D eigenvalue weighted by molar-refractivity contribution is 0.0687. The van der Waals surface area contributed by atoms with E-state index in [4.69, 9.17) is 5.11 Å². The van der Waals surface area contributed by atoms with Crippen molar-refractivity contribution in [3.63, 3.8) is 0 Å². The molecule has 2 heterocycles. The van der Waals surface area contributed by atoms with Gasteiger partial charge in [-0.2, -0.15) is 0 Å². The van der Waals surface area contributed by atoms with Gasteiger partial charge in [-0.3, -0.25) is 4.40 Å². The molecule has 0 saturated heterocycles. The van der Waals surface area contributed by atoms with Crippen LogP contribution in [0.5, 0.6) is 0 Å². The van der Waals surface area contributed by atoms with Crippen LogP contribution in [0.4, 0.5) is 0 Å². The number of hydrogen-bond donors (Lipinski definition) is 1. The van der Waals surface area contributed by atoms with Crippen molar-refractivity contribution in [1.29, 1.82) is 0 Å². The number of aryl methyl sites for hydroxylation is 1. The maximum atomic E-state index is 11.1. The zero-order chi connectivity index (χ0) is 11.7.